The summed E-state index contributed by atoms with van der Waals surface area (Å²) in [6.45, 7) is 4.56. The summed E-state index contributed by atoms with van der Waals surface area (Å²) in [5.74, 6) is 0.516. The smallest absolute Gasteiger partial charge is 0.222 e. The molecule has 0 saturated carbocycles. The highest BCUT2D eigenvalue weighted by molar-refractivity contribution is 5.76. The van der Waals surface area contributed by atoms with Crippen LogP contribution in [0.2, 0.25) is 0 Å². The summed E-state index contributed by atoms with van der Waals surface area (Å²) in [6, 6.07) is 2.01. The van der Waals surface area contributed by atoms with Gasteiger partial charge in [-0.05, 0) is 5.92 Å². The van der Waals surface area contributed by atoms with Gasteiger partial charge in [0.25, 0.3) is 0 Å². The first-order valence-corrected chi connectivity index (χ1v) is 4.18. The number of carbonyl (C=O) groups excluding carboxylic acids is 1. The van der Waals surface area contributed by atoms with E-state index in [0.29, 0.717) is 25.3 Å². The van der Waals surface area contributed by atoms with Crippen LogP contribution in [-0.2, 0) is 4.79 Å². The van der Waals surface area contributed by atoms with Crippen LogP contribution in [0.25, 0.3) is 0 Å². The van der Waals surface area contributed by atoms with E-state index in [-0.39, 0.29) is 5.91 Å². The Labute approximate surface area is 74.0 Å². The molecule has 0 spiro atoms. The molecule has 0 fully saturated rings. The van der Waals surface area contributed by atoms with Gasteiger partial charge in [0.2, 0.25) is 5.91 Å². The zero-order chi connectivity index (χ0) is 9.56. The number of nitriles is 1. The fourth-order valence-electron chi connectivity index (χ4n) is 0.847. The predicted molar refractivity (Wildman–Crippen MR) is 47.3 cm³/mol. The second-order valence-electron chi connectivity index (χ2n) is 3.32. The predicted octanol–water partition coefficient (Wildman–Crippen LogP) is 1.40. The van der Waals surface area contributed by atoms with Crippen molar-refractivity contribution in [3.8, 4) is 6.07 Å². The Bertz CT molecular complexity index is 181. The summed E-state index contributed by atoms with van der Waals surface area (Å²) in [4.78, 5) is 12.9. The highest BCUT2D eigenvalue weighted by atomic mass is 16.2. The highest BCUT2D eigenvalue weighted by Gasteiger charge is 2.09. The van der Waals surface area contributed by atoms with Crippen LogP contribution in [0.5, 0.6) is 0 Å². The molecule has 0 bridgehead atoms. The maximum Gasteiger partial charge on any atom is 0.222 e. The largest absolute Gasteiger partial charge is 0.345 e. The summed E-state index contributed by atoms with van der Waals surface area (Å²) in [7, 11) is 1.74. The second kappa shape index (κ2) is 5.59. The molecule has 0 unspecified atom stereocenters. The minimum atomic E-state index is 0.125. The Balaban J connectivity index is 3.70. The van der Waals surface area contributed by atoms with E-state index in [1.165, 1.54) is 0 Å². The van der Waals surface area contributed by atoms with Gasteiger partial charge in [-0.2, -0.15) is 5.26 Å². The third kappa shape index (κ3) is 4.73. The van der Waals surface area contributed by atoms with E-state index in [1.54, 1.807) is 11.9 Å². The van der Waals surface area contributed by atoms with Crippen molar-refractivity contribution in [2.45, 2.75) is 26.7 Å². The van der Waals surface area contributed by atoms with Crippen LogP contribution in [0.4, 0.5) is 0 Å². The lowest BCUT2D eigenvalue weighted by molar-refractivity contribution is -0.130. The third-order valence-corrected chi connectivity index (χ3v) is 1.57. The molecule has 0 rings (SSSR count). The molecule has 0 aromatic heterocycles. The van der Waals surface area contributed by atoms with E-state index in [1.807, 2.05) is 19.9 Å². The summed E-state index contributed by atoms with van der Waals surface area (Å²) in [6.07, 6.45) is 0.988. The minimum absolute atomic E-state index is 0.125. The van der Waals surface area contributed by atoms with Gasteiger partial charge in [-0.15, -0.1) is 0 Å². The number of nitrogens with zero attached hydrogens (tertiary/aromatic N) is 2. The molecule has 3 heteroatoms. The molecule has 12 heavy (non-hydrogen) atoms. The van der Waals surface area contributed by atoms with E-state index in [9.17, 15) is 4.79 Å². The van der Waals surface area contributed by atoms with Gasteiger partial charge in [-0.1, -0.05) is 13.8 Å². The molecule has 0 aliphatic heterocycles. The Morgan fingerprint density at radius 2 is 2.17 bits per heavy atom. The minimum Gasteiger partial charge on any atom is -0.345 e. The SMILES string of the molecule is CC(C)CC(=O)N(C)CCC#N. The van der Waals surface area contributed by atoms with Crippen molar-refractivity contribution in [3.05, 3.63) is 0 Å². The fourth-order valence-corrected chi connectivity index (χ4v) is 0.847. The molecule has 0 radical (unpaired) electrons. The van der Waals surface area contributed by atoms with Gasteiger partial charge in [-0.25, -0.2) is 0 Å². The zero-order valence-electron chi connectivity index (χ0n) is 8.00. The van der Waals surface area contributed by atoms with Crippen LogP contribution in [0.3, 0.4) is 0 Å². The highest BCUT2D eigenvalue weighted by Crippen LogP contribution is 2.02. The third-order valence-electron chi connectivity index (χ3n) is 1.57. The van der Waals surface area contributed by atoms with Crippen molar-refractivity contribution in [2.75, 3.05) is 13.6 Å². The topological polar surface area (TPSA) is 44.1 Å². The summed E-state index contributed by atoms with van der Waals surface area (Å²) >= 11 is 0. The molecular weight excluding hydrogens is 152 g/mol. The molecule has 0 atom stereocenters. The molecule has 1 amide bonds. The average molecular weight is 168 g/mol. The van der Waals surface area contributed by atoms with E-state index in [4.69, 9.17) is 5.26 Å². The molecule has 0 aliphatic carbocycles. The number of rotatable bonds is 4. The van der Waals surface area contributed by atoms with Crippen molar-refractivity contribution >= 4 is 5.91 Å². The van der Waals surface area contributed by atoms with Crippen LogP contribution in [0, 0.1) is 17.2 Å². The van der Waals surface area contributed by atoms with Gasteiger partial charge in [-0.3, -0.25) is 4.79 Å². The van der Waals surface area contributed by atoms with Gasteiger partial charge in [0.15, 0.2) is 0 Å². The van der Waals surface area contributed by atoms with Gasteiger partial charge in [0, 0.05) is 20.0 Å². The molecule has 68 valence electrons. The molecule has 0 heterocycles. The zero-order valence-corrected chi connectivity index (χ0v) is 8.00. The lowest BCUT2D eigenvalue weighted by Gasteiger charge is -2.16. The summed E-state index contributed by atoms with van der Waals surface area (Å²) in [5.41, 5.74) is 0. The fraction of sp³-hybridized carbons (Fsp3) is 0.778. The van der Waals surface area contributed by atoms with Crippen LogP contribution in [0.1, 0.15) is 26.7 Å². The molecule has 0 aliphatic rings. The maximum atomic E-state index is 11.3. The molecule has 0 aromatic carbocycles. The summed E-state index contributed by atoms with van der Waals surface area (Å²) in [5, 5.41) is 8.29. The number of amides is 1. The quantitative estimate of drug-likeness (QED) is 0.637. The Kier molecular flexibility index (Phi) is 5.11. The molecule has 0 saturated heterocycles. The first-order chi connectivity index (χ1) is 5.57. The van der Waals surface area contributed by atoms with E-state index in [0.717, 1.165) is 0 Å². The van der Waals surface area contributed by atoms with Crippen LogP contribution < -0.4 is 0 Å². The van der Waals surface area contributed by atoms with E-state index in [2.05, 4.69) is 0 Å². The van der Waals surface area contributed by atoms with Gasteiger partial charge < -0.3 is 4.90 Å². The Morgan fingerprint density at radius 3 is 2.58 bits per heavy atom. The Morgan fingerprint density at radius 1 is 1.58 bits per heavy atom. The normalized spacial score (nSPS) is 9.58. The molecular formula is C9H16N2O. The first kappa shape index (κ1) is 11.0. The van der Waals surface area contributed by atoms with Crippen molar-refractivity contribution in [1.29, 1.82) is 5.26 Å². The molecule has 0 aromatic rings. The van der Waals surface area contributed by atoms with Crippen LogP contribution in [-0.4, -0.2) is 24.4 Å². The number of hydrogen-bond donors (Lipinski definition) is 0. The summed E-state index contributed by atoms with van der Waals surface area (Å²) < 4.78 is 0. The van der Waals surface area contributed by atoms with Crippen molar-refractivity contribution in [2.24, 2.45) is 5.92 Å². The molecule has 3 nitrogen and oxygen atoms in total. The average Bonchev–Trinajstić information content (AvgIpc) is 1.98. The Hall–Kier alpha value is -1.04. The van der Waals surface area contributed by atoms with E-state index >= 15 is 0 Å². The van der Waals surface area contributed by atoms with Crippen molar-refractivity contribution < 1.29 is 4.79 Å². The number of carbonyl (C=O) groups is 1. The monoisotopic (exact) mass is 168 g/mol. The van der Waals surface area contributed by atoms with Gasteiger partial charge in [0.05, 0.1) is 12.5 Å². The van der Waals surface area contributed by atoms with Crippen molar-refractivity contribution in [1.82, 2.24) is 4.90 Å². The molecule has 0 N–H and O–H groups in total. The maximum absolute atomic E-state index is 11.3. The lowest BCUT2D eigenvalue weighted by atomic mass is 10.1. The first-order valence-electron chi connectivity index (χ1n) is 4.18. The van der Waals surface area contributed by atoms with Gasteiger partial charge in [0.1, 0.15) is 0 Å². The second-order valence-corrected chi connectivity index (χ2v) is 3.32. The van der Waals surface area contributed by atoms with Crippen LogP contribution in [0.15, 0.2) is 0 Å². The van der Waals surface area contributed by atoms with E-state index < -0.39 is 0 Å². The lowest BCUT2D eigenvalue weighted by Crippen LogP contribution is -2.28. The van der Waals surface area contributed by atoms with Gasteiger partial charge >= 0.3 is 0 Å². The standard InChI is InChI=1S/C9H16N2O/c1-8(2)7-9(12)11(3)6-4-5-10/h8H,4,6-7H2,1-3H3. The number of hydrogen-bond acceptors (Lipinski definition) is 2. The van der Waals surface area contributed by atoms with Crippen molar-refractivity contribution in [3.63, 3.8) is 0 Å². The van der Waals surface area contributed by atoms with Crippen LogP contribution >= 0.6 is 0 Å².